The topological polar surface area (TPSA) is 172 Å². The van der Waals surface area contributed by atoms with Crippen LogP contribution in [-0.2, 0) is 25.6 Å². The zero-order valence-corrected chi connectivity index (χ0v) is 18.9. The van der Waals surface area contributed by atoms with Crippen molar-refractivity contribution in [2.75, 3.05) is 13.6 Å². The van der Waals surface area contributed by atoms with Crippen LogP contribution < -0.4 is 11.1 Å². The predicted octanol–water partition coefficient (Wildman–Crippen LogP) is 0.227. The molecule has 3 rings (SSSR count). The first-order chi connectivity index (χ1) is 16.0. The number of hydrogen-bond acceptors (Lipinski definition) is 6. The van der Waals surface area contributed by atoms with Gasteiger partial charge in [-0.05, 0) is 35.4 Å². The number of phenols is 2. The third kappa shape index (κ3) is 5.01. The number of Topliss-reactive ketones (excluding diaryl/α,β-unsaturated/α-hetero) is 1. The fraction of sp³-hybridized carbons (Fsp3) is 0.333. The van der Waals surface area contributed by atoms with E-state index in [4.69, 9.17) is 0 Å². The molecule has 2 amide bonds. The van der Waals surface area contributed by atoms with Crippen LogP contribution in [-0.4, -0.2) is 63.4 Å². The van der Waals surface area contributed by atoms with E-state index >= 15 is 0 Å². The van der Waals surface area contributed by atoms with Gasteiger partial charge < -0.3 is 31.3 Å². The Labute approximate surface area is 196 Å². The number of carbonyl (C=O) groups is 4. The first-order valence-corrected chi connectivity index (χ1v) is 10.8. The summed E-state index contributed by atoms with van der Waals surface area (Å²) in [5, 5.41) is 33.1. The zero-order chi connectivity index (χ0) is 25.2. The van der Waals surface area contributed by atoms with Gasteiger partial charge in [0.25, 0.3) is 5.91 Å². The van der Waals surface area contributed by atoms with Crippen LogP contribution in [0.2, 0.25) is 0 Å². The summed E-state index contributed by atoms with van der Waals surface area (Å²) in [6.07, 6.45) is -0.316. The van der Waals surface area contributed by atoms with E-state index in [-0.39, 0.29) is 42.0 Å². The molecule has 1 heterocycles. The van der Waals surface area contributed by atoms with Gasteiger partial charge in [-0.25, -0.2) is 4.79 Å². The van der Waals surface area contributed by atoms with Gasteiger partial charge in [0.2, 0.25) is 5.91 Å². The molecule has 0 aliphatic carbocycles. The molecule has 0 fully saturated rings. The van der Waals surface area contributed by atoms with Crippen molar-refractivity contribution in [3.05, 3.63) is 47.5 Å². The van der Waals surface area contributed by atoms with Crippen molar-refractivity contribution in [1.82, 2.24) is 10.2 Å². The van der Waals surface area contributed by atoms with Crippen molar-refractivity contribution in [2.24, 2.45) is 5.92 Å². The Morgan fingerprint density at radius 1 is 1.06 bits per heavy atom. The van der Waals surface area contributed by atoms with Crippen molar-refractivity contribution in [1.29, 1.82) is 0 Å². The highest BCUT2D eigenvalue weighted by Gasteiger charge is 2.33. The number of ketones is 1. The molecule has 0 saturated carbocycles. The maximum absolute atomic E-state index is 13.3. The summed E-state index contributed by atoms with van der Waals surface area (Å²) in [6.45, 7) is 1.42. The highest BCUT2D eigenvalue weighted by Crippen LogP contribution is 2.39. The van der Waals surface area contributed by atoms with Crippen LogP contribution in [0, 0.1) is 5.92 Å². The SMILES string of the molecule is C[C@@H]1CC(=O)[C@@H](N(C)C(=O)C[NH3+])c2ccc(O)c(c2)-c2cc(ccc2O)C[C@@H](C(=O)O)NC1=O. The van der Waals surface area contributed by atoms with E-state index in [0.29, 0.717) is 11.1 Å². The van der Waals surface area contributed by atoms with Gasteiger partial charge in [0.05, 0.1) is 0 Å². The van der Waals surface area contributed by atoms with Crippen LogP contribution in [0.4, 0.5) is 0 Å². The number of fused-ring (bicyclic) bond motifs is 5. The molecule has 10 heteroatoms. The van der Waals surface area contributed by atoms with Crippen LogP contribution in [0.15, 0.2) is 36.4 Å². The maximum atomic E-state index is 13.3. The van der Waals surface area contributed by atoms with E-state index in [0.717, 1.165) is 0 Å². The fourth-order valence-electron chi connectivity index (χ4n) is 4.07. The Hall–Kier alpha value is -3.92. The van der Waals surface area contributed by atoms with Crippen LogP contribution in [0.1, 0.15) is 30.5 Å². The standard InChI is InChI=1S/C24H27N3O7/c1-12-7-20(30)22(27(2)21(31)11-25)14-4-6-19(29)16(10-14)15-8-13(3-5-18(15)28)9-17(24(33)34)26-23(12)32/h3-6,8,10,12,17,22,28-29H,7,9,11,25H2,1-2H3,(H,26,32)(H,33,34)/p+1/t12-,17+,22+/m1/s1. The fourth-order valence-corrected chi connectivity index (χ4v) is 4.07. The van der Waals surface area contributed by atoms with Gasteiger partial charge in [0, 0.05) is 36.9 Å². The first kappa shape index (κ1) is 24.7. The lowest BCUT2D eigenvalue weighted by atomic mass is 9.90. The van der Waals surface area contributed by atoms with E-state index in [2.05, 4.69) is 11.1 Å². The van der Waals surface area contributed by atoms with Crippen LogP contribution in [0.3, 0.4) is 0 Å². The average molecular weight is 471 g/mol. The molecule has 0 unspecified atom stereocenters. The monoisotopic (exact) mass is 470 g/mol. The number of amides is 2. The number of nitrogens with zero attached hydrogens (tertiary/aromatic N) is 1. The van der Waals surface area contributed by atoms with Crippen molar-refractivity contribution in [3.8, 4) is 22.6 Å². The molecule has 34 heavy (non-hydrogen) atoms. The Morgan fingerprint density at radius 2 is 1.68 bits per heavy atom. The number of nitrogens with one attached hydrogen (secondary N) is 1. The van der Waals surface area contributed by atoms with Crippen LogP contribution in [0.5, 0.6) is 11.5 Å². The van der Waals surface area contributed by atoms with Crippen molar-refractivity contribution in [3.63, 3.8) is 0 Å². The molecule has 10 nitrogen and oxygen atoms in total. The largest absolute Gasteiger partial charge is 0.507 e. The highest BCUT2D eigenvalue weighted by atomic mass is 16.4. The summed E-state index contributed by atoms with van der Waals surface area (Å²) in [5.41, 5.74) is 4.91. The van der Waals surface area contributed by atoms with Gasteiger partial charge in [0.15, 0.2) is 12.3 Å². The summed E-state index contributed by atoms with van der Waals surface area (Å²) >= 11 is 0. The van der Waals surface area contributed by atoms with E-state index in [1.54, 1.807) is 0 Å². The quantitative estimate of drug-likeness (QED) is 0.427. The molecule has 0 saturated heterocycles. The minimum absolute atomic E-state index is 0.0706. The number of phenolic OH excluding ortho intramolecular Hbond substituents is 2. The second kappa shape index (κ2) is 9.92. The minimum Gasteiger partial charge on any atom is -0.507 e. The number of aliphatic carboxylic acids is 1. The molecule has 1 aliphatic heterocycles. The molecule has 0 radical (unpaired) electrons. The molecule has 0 spiro atoms. The van der Waals surface area contributed by atoms with Crippen LogP contribution >= 0.6 is 0 Å². The number of carbonyl (C=O) groups excluding carboxylic acids is 3. The first-order valence-electron chi connectivity index (χ1n) is 10.8. The number of likely N-dealkylation sites (N-methyl/N-ethyl adjacent to an activating group) is 1. The molecule has 3 atom stereocenters. The maximum Gasteiger partial charge on any atom is 0.326 e. The van der Waals surface area contributed by atoms with Gasteiger partial charge in [-0.1, -0.05) is 19.1 Å². The van der Waals surface area contributed by atoms with Gasteiger partial charge >= 0.3 is 5.97 Å². The Balaban J connectivity index is 2.24. The summed E-state index contributed by atoms with van der Waals surface area (Å²) in [6, 6.07) is 6.45. The van der Waals surface area contributed by atoms with E-state index in [1.807, 2.05) is 0 Å². The summed E-state index contributed by atoms with van der Waals surface area (Å²) in [5.74, 6) is -3.89. The smallest absolute Gasteiger partial charge is 0.326 e. The summed E-state index contributed by atoms with van der Waals surface area (Å²) in [7, 11) is 1.45. The van der Waals surface area contributed by atoms with Crippen molar-refractivity contribution in [2.45, 2.75) is 31.8 Å². The molecule has 7 N–H and O–H groups in total. The molecule has 2 aromatic rings. The molecule has 1 aliphatic rings. The number of aromatic hydroxyl groups is 2. The van der Waals surface area contributed by atoms with Gasteiger partial charge in [-0.2, -0.15) is 0 Å². The lowest BCUT2D eigenvalue weighted by Gasteiger charge is -2.28. The third-order valence-electron chi connectivity index (χ3n) is 6.00. The number of hydrogen-bond donors (Lipinski definition) is 5. The number of quaternary nitrogens is 1. The van der Waals surface area contributed by atoms with Gasteiger partial charge in [-0.3, -0.25) is 14.4 Å². The summed E-state index contributed by atoms with van der Waals surface area (Å²) in [4.78, 5) is 51.5. The normalized spacial score (nSPS) is 20.7. The lowest BCUT2D eigenvalue weighted by molar-refractivity contribution is -0.357. The molecular weight excluding hydrogens is 442 g/mol. The summed E-state index contributed by atoms with van der Waals surface area (Å²) < 4.78 is 0. The molecule has 0 aromatic heterocycles. The Bertz CT molecular complexity index is 1150. The zero-order valence-electron chi connectivity index (χ0n) is 18.9. The van der Waals surface area contributed by atoms with E-state index in [9.17, 15) is 34.5 Å². The number of carboxylic acid groups (broad SMARTS) is 1. The van der Waals surface area contributed by atoms with Crippen LogP contribution in [0.25, 0.3) is 11.1 Å². The van der Waals surface area contributed by atoms with Gasteiger partial charge in [0.1, 0.15) is 23.6 Å². The molecule has 180 valence electrons. The molecule has 4 bridgehead atoms. The van der Waals surface area contributed by atoms with Crippen molar-refractivity contribution < 1.29 is 40.2 Å². The highest BCUT2D eigenvalue weighted by molar-refractivity contribution is 5.94. The number of rotatable bonds is 3. The van der Waals surface area contributed by atoms with Gasteiger partial charge in [-0.15, -0.1) is 0 Å². The van der Waals surface area contributed by atoms with E-state index in [1.165, 1.54) is 55.3 Å². The predicted molar refractivity (Wildman–Crippen MR) is 121 cm³/mol. The second-order valence-electron chi connectivity index (χ2n) is 8.46. The Morgan fingerprint density at radius 3 is 2.29 bits per heavy atom. The lowest BCUT2D eigenvalue weighted by Crippen LogP contribution is -2.58. The number of benzene rings is 2. The van der Waals surface area contributed by atoms with E-state index < -0.39 is 41.6 Å². The average Bonchev–Trinajstić information content (AvgIpc) is 2.79. The minimum atomic E-state index is -1.27. The molecular formula is C24H28N3O7+. The number of carboxylic acids is 1. The van der Waals surface area contributed by atoms with Crippen molar-refractivity contribution >= 4 is 23.6 Å². The molecule has 2 aromatic carbocycles. The Kier molecular flexibility index (Phi) is 7.21. The second-order valence-corrected chi connectivity index (χ2v) is 8.46. The third-order valence-corrected chi connectivity index (χ3v) is 6.00.